The summed E-state index contributed by atoms with van der Waals surface area (Å²) in [6.07, 6.45) is 5.14. The molecule has 4 aromatic rings. The number of pyridine rings is 1. The summed E-state index contributed by atoms with van der Waals surface area (Å²) in [5.74, 6) is -0.505. The molecule has 5 heteroatoms. The van der Waals surface area contributed by atoms with E-state index in [1.54, 1.807) is 30.7 Å². The van der Waals surface area contributed by atoms with Crippen molar-refractivity contribution in [3.63, 3.8) is 0 Å². The Bertz CT molecular complexity index is 1070. The molecule has 0 spiro atoms. The molecule has 0 fully saturated rings. The normalized spacial score (nSPS) is 10.6. The van der Waals surface area contributed by atoms with E-state index in [0.29, 0.717) is 12.2 Å². The van der Waals surface area contributed by atoms with Crippen LogP contribution in [-0.2, 0) is 6.54 Å². The van der Waals surface area contributed by atoms with E-state index in [1.807, 2.05) is 42.5 Å². The van der Waals surface area contributed by atoms with Gasteiger partial charge in [0.05, 0.1) is 0 Å². The van der Waals surface area contributed by atoms with E-state index < -0.39 is 0 Å². The van der Waals surface area contributed by atoms with Crippen LogP contribution in [0.25, 0.3) is 22.3 Å². The highest BCUT2D eigenvalue weighted by molar-refractivity contribution is 6.03. The topological polar surface area (TPSA) is 57.8 Å². The summed E-state index contributed by atoms with van der Waals surface area (Å²) >= 11 is 0. The third kappa shape index (κ3) is 3.69. The van der Waals surface area contributed by atoms with Crippen LogP contribution in [0, 0.1) is 5.82 Å². The first kappa shape index (κ1) is 17.7. The molecule has 0 atom stereocenters. The molecule has 1 amide bonds. The number of halogens is 1. The van der Waals surface area contributed by atoms with Crippen LogP contribution in [0.5, 0.6) is 0 Å². The Hall–Kier alpha value is -3.73. The standard InChI is InChI=1S/C23H18FN3O/c24-19-8-6-17(7-9-19)20-15-26-22(21(20)18-10-12-25-13-11-18)23(28)27-14-16-4-2-1-3-5-16/h1-13,15,26H,14H2,(H,27,28). The maximum atomic E-state index is 13.3. The van der Waals surface area contributed by atoms with Crippen LogP contribution in [0.4, 0.5) is 4.39 Å². The minimum Gasteiger partial charge on any atom is -0.356 e. The van der Waals surface area contributed by atoms with E-state index in [9.17, 15) is 9.18 Å². The molecule has 0 aliphatic heterocycles. The molecule has 0 saturated carbocycles. The molecule has 2 aromatic heterocycles. The van der Waals surface area contributed by atoms with Crippen LogP contribution < -0.4 is 5.32 Å². The van der Waals surface area contributed by atoms with Gasteiger partial charge in [0.25, 0.3) is 5.91 Å². The van der Waals surface area contributed by atoms with E-state index >= 15 is 0 Å². The van der Waals surface area contributed by atoms with E-state index in [-0.39, 0.29) is 11.7 Å². The van der Waals surface area contributed by atoms with Crippen LogP contribution in [0.3, 0.4) is 0 Å². The number of amides is 1. The summed E-state index contributed by atoms with van der Waals surface area (Å²) in [4.78, 5) is 20.0. The maximum Gasteiger partial charge on any atom is 0.268 e. The van der Waals surface area contributed by atoms with Crippen LogP contribution in [0.1, 0.15) is 16.1 Å². The fraction of sp³-hybridized carbons (Fsp3) is 0.0435. The quantitative estimate of drug-likeness (QED) is 0.529. The number of carbonyl (C=O) groups excluding carboxylic acids is 1. The van der Waals surface area contributed by atoms with Gasteiger partial charge in [0.2, 0.25) is 0 Å². The lowest BCUT2D eigenvalue weighted by Gasteiger charge is -2.09. The zero-order valence-corrected chi connectivity index (χ0v) is 15.0. The Morgan fingerprint density at radius 1 is 0.929 bits per heavy atom. The van der Waals surface area contributed by atoms with Crippen molar-refractivity contribution < 1.29 is 9.18 Å². The van der Waals surface area contributed by atoms with Gasteiger partial charge in [-0.05, 0) is 41.0 Å². The number of carbonyl (C=O) groups is 1. The van der Waals surface area contributed by atoms with Crippen molar-refractivity contribution in [1.29, 1.82) is 0 Å². The molecule has 138 valence electrons. The summed E-state index contributed by atoms with van der Waals surface area (Å²) in [6, 6.07) is 19.7. The predicted octanol–water partition coefficient (Wildman–Crippen LogP) is 4.81. The second-order valence-corrected chi connectivity index (χ2v) is 6.36. The Balaban J connectivity index is 1.71. The summed E-state index contributed by atoms with van der Waals surface area (Å²) in [7, 11) is 0. The van der Waals surface area contributed by atoms with Crippen molar-refractivity contribution in [2.75, 3.05) is 0 Å². The summed E-state index contributed by atoms with van der Waals surface area (Å²) < 4.78 is 13.3. The number of nitrogens with zero attached hydrogens (tertiary/aromatic N) is 1. The molecule has 2 aromatic carbocycles. The third-order valence-electron chi connectivity index (χ3n) is 4.53. The molecular weight excluding hydrogens is 353 g/mol. The Morgan fingerprint density at radius 3 is 2.36 bits per heavy atom. The highest BCUT2D eigenvalue weighted by atomic mass is 19.1. The van der Waals surface area contributed by atoms with E-state index in [4.69, 9.17) is 0 Å². The minimum absolute atomic E-state index is 0.205. The number of H-pyrrole nitrogens is 1. The molecular formula is C23H18FN3O. The maximum absolute atomic E-state index is 13.3. The highest BCUT2D eigenvalue weighted by Crippen LogP contribution is 2.35. The molecule has 0 bridgehead atoms. The fourth-order valence-electron chi connectivity index (χ4n) is 3.14. The fourth-order valence-corrected chi connectivity index (χ4v) is 3.14. The van der Waals surface area contributed by atoms with Crippen molar-refractivity contribution in [2.45, 2.75) is 6.54 Å². The second-order valence-electron chi connectivity index (χ2n) is 6.36. The molecule has 0 saturated heterocycles. The van der Waals surface area contributed by atoms with E-state index in [1.165, 1.54) is 12.1 Å². The van der Waals surface area contributed by atoms with Crippen LogP contribution in [0.15, 0.2) is 85.3 Å². The van der Waals surface area contributed by atoms with Gasteiger partial charge in [-0.1, -0.05) is 42.5 Å². The van der Waals surface area contributed by atoms with Gasteiger partial charge in [-0.3, -0.25) is 9.78 Å². The molecule has 4 nitrogen and oxygen atoms in total. The van der Waals surface area contributed by atoms with Crippen molar-refractivity contribution in [3.05, 3.63) is 102 Å². The van der Waals surface area contributed by atoms with Crippen molar-refractivity contribution >= 4 is 5.91 Å². The van der Waals surface area contributed by atoms with Crippen molar-refractivity contribution in [3.8, 4) is 22.3 Å². The predicted molar refractivity (Wildman–Crippen MR) is 107 cm³/mol. The number of aromatic amines is 1. The molecule has 28 heavy (non-hydrogen) atoms. The molecule has 0 unspecified atom stereocenters. The zero-order chi connectivity index (χ0) is 19.3. The van der Waals surface area contributed by atoms with Crippen LogP contribution in [0.2, 0.25) is 0 Å². The zero-order valence-electron chi connectivity index (χ0n) is 15.0. The molecule has 0 aliphatic rings. The molecule has 0 radical (unpaired) electrons. The first-order chi connectivity index (χ1) is 13.7. The lowest BCUT2D eigenvalue weighted by atomic mass is 9.97. The third-order valence-corrected chi connectivity index (χ3v) is 4.53. The van der Waals surface area contributed by atoms with Gasteiger partial charge in [-0.2, -0.15) is 0 Å². The largest absolute Gasteiger partial charge is 0.356 e. The van der Waals surface area contributed by atoms with Gasteiger partial charge in [0.15, 0.2) is 0 Å². The first-order valence-electron chi connectivity index (χ1n) is 8.92. The Morgan fingerprint density at radius 2 is 1.64 bits per heavy atom. The van der Waals surface area contributed by atoms with Crippen LogP contribution >= 0.6 is 0 Å². The number of aromatic nitrogens is 2. The van der Waals surface area contributed by atoms with Gasteiger partial charge in [0.1, 0.15) is 11.5 Å². The lowest BCUT2D eigenvalue weighted by molar-refractivity contribution is 0.0947. The number of hydrogen-bond acceptors (Lipinski definition) is 2. The highest BCUT2D eigenvalue weighted by Gasteiger charge is 2.20. The van der Waals surface area contributed by atoms with Crippen molar-refractivity contribution in [2.24, 2.45) is 0 Å². The van der Waals surface area contributed by atoms with Gasteiger partial charge < -0.3 is 10.3 Å². The molecule has 0 aliphatic carbocycles. The first-order valence-corrected chi connectivity index (χ1v) is 8.92. The number of nitrogens with one attached hydrogen (secondary N) is 2. The van der Waals surface area contributed by atoms with Crippen LogP contribution in [-0.4, -0.2) is 15.9 Å². The monoisotopic (exact) mass is 371 g/mol. The van der Waals surface area contributed by atoms with Gasteiger partial charge in [0, 0.05) is 36.3 Å². The number of benzene rings is 2. The smallest absolute Gasteiger partial charge is 0.268 e. The second kappa shape index (κ2) is 7.88. The summed E-state index contributed by atoms with van der Waals surface area (Å²) in [6.45, 7) is 0.431. The van der Waals surface area contributed by atoms with E-state index in [0.717, 1.165) is 27.8 Å². The summed E-state index contributed by atoms with van der Waals surface area (Å²) in [5.41, 5.74) is 4.76. The van der Waals surface area contributed by atoms with Gasteiger partial charge in [-0.25, -0.2) is 4.39 Å². The molecule has 2 N–H and O–H groups in total. The average molecular weight is 371 g/mol. The summed E-state index contributed by atoms with van der Waals surface area (Å²) in [5, 5.41) is 2.95. The van der Waals surface area contributed by atoms with Crippen molar-refractivity contribution in [1.82, 2.24) is 15.3 Å². The number of rotatable bonds is 5. The molecule has 2 heterocycles. The Labute approximate surface area is 162 Å². The van der Waals surface area contributed by atoms with E-state index in [2.05, 4.69) is 15.3 Å². The lowest BCUT2D eigenvalue weighted by Crippen LogP contribution is -2.23. The average Bonchev–Trinajstić information content (AvgIpc) is 3.19. The molecule has 4 rings (SSSR count). The number of hydrogen-bond donors (Lipinski definition) is 2. The van der Waals surface area contributed by atoms with Gasteiger partial charge in [-0.15, -0.1) is 0 Å². The minimum atomic E-state index is -0.300. The SMILES string of the molecule is O=C(NCc1ccccc1)c1[nH]cc(-c2ccc(F)cc2)c1-c1ccncc1. The van der Waals surface area contributed by atoms with Gasteiger partial charge >= 0.3 is 0 Å². The Kier molecular flexibility index (Phi) is 4.97.